The second-order valence-electron chi connectivity index (χ2n) is 6.61. The maximum Gasteiger partial charge on any atom is 0.345 e. The highest BCUT2D eigenvalue weighted by atomic mass is 16.5. The fourth-order valence-electron chi connectivity index (χ4n) is 3.37. The topological polar surface area (TPSA) is 108 Å². The number of hydrogen-bond acceptors (Lipinski definition) is 6. The fraction of sp³-hybridized carbons (Fsp3) is 0.316. The average Bonchev–Trinajstić information content (AvgIpc) is 3.07. The maximum atomic E-state index is 12.6. The molecular weight excluding hydrogens is 348 g/mol. The molecule has 0 saturated carbocycles. The van der Waals surface area contributed by atoms with Gasteiger partial charge in [0.2, 0.25) is 11.7 Å². The zero-order chi connectivity index (χ0) is 18.8. The van der Waals surface area contributed by atoms with Gasteiger partial charge in [-0.3, -0.25) is 10.2 Å². The molecule has 0 radical (unpaired) electrons. The smallest absolute Gasteiger partial charge is 0.345 e. The van der Waals surface area contributed by atoms with Crippen molar-refractivity contribution in [3.05, 3.63) is 47.3 Å². The Balaban J connectivity index is 1.62. The number of H-pyrrole nitrogens is 1. The summed E-state index contributed by atoms with van der Waals surface area (Å²) in [6.45, 7) is 1.56. The first-order chi connectivity index (χ1) is 13.1. The average molecular weight is 368 g/mol. The lowest BCUT2D eigenvalue weighted by atomic mass is 10.1. The Labute approximate surface area is 155 Å². The number of Topliss-reactive ketones (excluding diaryl/α,β-unsaturated/α-hetero) is 1. The van der Waals surface area contributed by atoms with E-state index in [-0.39, 0.29) is 17.2 Å². The molecular formula is C19H20N4O4. The zero-order valence-electron chi connectivity index (χ0n) is 14.7. The van der Waals surface area contributed by atoms with Crippen molar-refractivity contribution in [1.82, 2.24) is 20.4 Å². The highest BCUT2D eigenvalue weighted by Crippen LogP contribution is 2.28. The Bertz CT molecular complexity index is 952. The van der Waals surface area contributed by atoms with Crippen LogP contribution in [0.5, 0.6) is 0 Å². The van der Waals surface area contributed by atoms with E-state index in [9.17, 15) is 14.7 Å². The van der Waals surface area contributed by atoms with Gasteiger partial charge in [0.25, 0.3) is 0 Å². The van der Waals surface area contributed by atoms with Crippen LogP contribution >= 0.6 is 0 Å². The van der Waals surface area contributed by atoms with Gasteiger partial charge in [0.05, 0.1) is 0 Å². The van der Waals surface area contributed by atoms with Crippen LogP contribution in [0.3, 0.4) is 0 Å². The Morgan fingerprint density at radius 1 is 1.30 bits per heavy atom. The maximum absolute atomic E-state index is 12.6. The van der Waals surface area contributed by atoms with Gasteiger partial charge in [-0.25, -0.2) is 14.8 Å². The van der Waals surface area contributed by atoms with E-state index in [1.54, 1.807) is 24.5 Å². The van der Waals surface area contributed by atoms with Gasteiger partial charge in [-0.1, -0.05) is 12.8 Å². The molecule has 2 aliphatic heterocycles. The molecule has 0 aromatic carbocycles. The van der Waals surface area contributed by atoms with E-state index in [0.29, 0.717) is 11.2 Å². The Hall–Kier alpha value is -3.13. The lowest BCUT2D eigenvalue weighted by molar-refractivity contribution is -0.134. The van der Waals surface area contributed by atoms with Crippen molar-refractivity contribution in [3.63, 3.8) is 0 Å². The molecule has 0 amide bonds. The number of pyridine rings is 1. The number of rotatable bonds is 4. The number of aliphatic carboxylic acids is 1. The largest absolute Gasteiger partial charge is 0.477 e. The highest BCUT2D eigenvalue weighted by molar-refractivity contribution is 6.26. The van der Waals surface area contributed by atoms with Crippen molar-refractivity contribution >= 4 is 28.9 Å². The standard InChI is InChI=1S/C19H20N4O4/c24-16-14(10-12-11-21-17-13(12)6-5-7-20-17)27-18(15(16)19(25)26)22-23-8-3-1-2-4-9-23/h5-7,10-11,22H,1-4,8-9H2,(H,20,21)(H,25,26)/b14-10-. The first-order valence-electron chi connectivity index (χ1n) is 8.99. The molecule has 140 valence electrons. The van der Waals surface area contributed by atoms with Gasteiger partial charge in [-0.05, 0) is 31.1 Å². The molecule has 1 saturated heterocycles. The van der Waals surface area contributed by atoms with Crippen LogP contribution in [0.25, 0.3) is 17.1 Å². The summed E-state index contributed by atoms with van der Waals surface area (Å²) in [6, 6.07) is 3.66. The Morgan fingerprint density at radius 3 is 2.81 bits per heavy atom. The lowest BCUT2D eigenvalue weighted by Crippen LogP contribution is -2.39. The van der Waals surface area contributed by atoms with Crippen LogP contribution in [0.1, 0.15) is 31.2 Å². The Morgan fingerprint density at radius 2 is 2.07 bits per heavy atom. The minimum atomic E-state index is -1.30. The molecule has 3 N–H and O–H groups in total. The van der Waals surface area contributed by atoms with Crippen molar-refractivity contribution in [2.24, 2.45) is 0 Å². The van der Waals surface area contributed by atoms with Gasteiger partial charge in [0.15, 0.2) is 11.3 Å². The van der Waals surface area contributed by atoms with Crippen LogP contribution in [0.4, 0.5) is 0 Å². The minimum absolute atomic E-state index is 0.0152. The molecule has 2 aromatic rings. The fourth-order valence-corrected chi connectivity index (χ4v) is 3.37. The number of allylic oxidation sites excluding steroid dienone is 1. The summed E-state index contributed by atoms with van der Waals surface area (Å²) < 4.78 is 5.64. The van der Waals surface area contributed by atoms with E-state index in [2.05, 4.69) is 15.4 Å². The van der Waals surface area contributed by atoms with E-state index in [1.807, 2.05) is 11.1 Å². The van der Waals surface area contributed by atoms with Crippen LogP contribution < -0.4 is 5.43 Å². The van der Waals surface area contributed by atoms with E-state index < -0.39 is 11.8 Å². The van der Waals surface area contributed by atoms with Crippen molar-refractivity contribution < 1.29 is 19.4 Å². The van der Waals surface area contributed by atoms with Crippen LogP contribution in [0.15, 0.2) is 41.7 Å². The predicted molar refractivity (Wildman–Crippen MR) is 98.0 cm³/mol. The van der Waals surface area contributed by atoms with E-state index in [1.165, 1.54) is 0 Å². The number of hydrogen-bond donors (Lipinski definition) is 3. The van der Waals surface area contributed by atoms with Gasteiger partial charge in [-0.15, -0.1) is 0 Å². The highest BCUT2D eigenvalue weighted by Gasteiger charge is 2.36. The lowest BCUT2D eigenvalue weighted by Gasteiger charge is -2.22. The summed E-state index contributed by atoms with van der Waals surface area (Å²) in [5.74, 6) is -1.98. The van der Waals surface area contributed by atoms with Crippen molar-refractivity contribution in [2.45, 2.75) is 25.7 Å². The van der Waals surface area contributed by atoms with Crippen molar-refractivity contribution in [3.8, 4) is 0 Å². The molecule has 2 aromatic heterocycles. The Kier molecular flexibility index (Phi) is 4.64. The number of aromatic nitrogens is 2. The SMILES string of the molecule is O=C(O)C1=C(NN2CCCCCC2)O/C(=C\c2c[nH]c3ncccc23)C1=O. The summed E-state index contributed by atoms with van der Waals surface area (Å²) in [4.78, 5) is 31.5. The first kappa shape index (κ1) is 17.3. The number of hydrazine groups is 1. The second kappa shape index (κ2) is 7.24. The van der Waals surface area contributed by atoms with Crippen LogP contribution in [0, 0.1) is 0 Å². The van der Waals surface area contributed by atoms with Gasteiger partial charge in [-0.2, -0.15) is 0 Å². The van der Waals surface area contributed by atoms with Crippen LogP contribution in [-0.4, -0.2) is 44.9 Å². The third kappa shape index (κ3) is 3.43. The number of ketones is 1. The molecule has 0 atom stereocenters. The molecule has 8 nitrogen and oxygen atoms in total. The molecule has 0 bridgehead atoms. The monoisotopic (exact) mass is 368 g/mol. The van der Waals surface area contributed by atoms with Gasteiger partial charge >= 0.3 is 5.97 Å². The molecule has 0 spiro atoms. The number of carbonyl (C=O) groups is 2. The summed E-state index contributed by atoms with van der Waals surface area (Å²) in [7, 11) is 0. The van der Waals surface area contributed by atoms with Gasteiger partial charge in [0, 0.05) is 36.4 Å². The molecule has 0 unspecified atom stereocenters. The number of ether oxygens (including phenoxy) is 1. The van der Waals surface area contributed by atoms with Crippen molar-refractivity contribution in [2.75, 3.05) is 13.1 Å². The van der Waals surface area contributed by atoms with Crippen molar-refractivity contribution in [1.29, 1.82) is 0 Å². The molecule has 8 heteroatoms. The van der Waals surface area contributed by atoms with E-state index >= 15 is 0 Å². The molecule has 4 heterocycles. The second-order valence-corrected chi connectivity index (χ2v) is 6.61. The third-order valence-electron chi connectivity index (χ3n) is 4.74. The number of carboxylic acid groups (broad SMARTS) is 1. The molecule has 4 rings (SSSR count). The van der Waals surface area contributed by atoms with E-state index in [0.717, 1.165) is 44.2 Å². The first-order valence-corrected chi connectivity index (χ1v) is 8.99. The number of carbonyl (C=O) groups excluding carboxylic acids is 1. The molecule has 0 aliphatic carbocycles. The molecule has 1 fully saturated rings. The van der Waals surface area contributed by atoms with E-state index in [4.69, 9.17) is 4.74 Å². The zero-order valence-corrected chi connectivity index (χ0v) is 14.7. The number of nitrogens with one attached hydrogen (secondary N) is 2. The minimum Gasteiger partial charge on any atom is -0.477 e. The number of aromatic amines is 1. The van der Waals surface area contributed by atoms with Crippen LogP contribution in [-0.2, 0) is 14.3 Å². The summed E-state index contributed by atoms with van der Waals surface area (Å²) in [5.41, 5.74) is 4.02. The number of fused-ring (bicyclic) bond motifs is 1. The molecule has 2 aliphatic rings. The number of nitrogens with zero attached hydrogens (tertiary/aromatic N) is 2. The quantitative estimate of drug-likeness (QED) is 0.561. The predicted octanol–water partition coefficient (Wildman–Crippen LogP) is 2.18. The molecule has 27 heavy (non-hydrogen) atoms. The summed E-state index contributed by atoms with van der Waals surface area (Å²) in [6.07, 6.45) is 9.24. The van der Waals surface area contributed by atoms with Gasteiger partial charge < -0.3 is 14.8 Å². The summed E-state index contributed by atoms with van der Waals surface area (Å²) >= 11 is 0. The third-order valence-corrected chi connectivity index (χ3v) is 4.74. The number of carboxylic acids is 1. The summed E-state index contributed by atoms with van der Waals surface area (Å²) in [5, 5.41) is 12.2. The van der Waals surface area contributed by atoms with Gasteiger partial charge in [0.1, 0.15) is 5.65 Å². The normalized spacial score (nSPS) is 20.1. The van der Waals surface area contributed by atoms with Crippen LogP contribution in [0.2, 0.25) is 0 Å².